The molecule has 0 amide bonds. The van der Waals surface area contributed by atoms with Gasteiger partial charge in [0.2, 0.25) is 0 Å². The monoisotopic (exact) mass is 246 g/mol. The van der Waals surface area contributed by atoms with Gasteiger partial charge in [-0.3, -0.25) is 0 Å². The van der Waals surface area contributed by atoms with Gasteiger partial charge in [-0.15, -0.1) is 0 Å². The Hall–Kier alpha value is -1.73. The van der Waals surface area contributed by atoms with Crippen LogP contribution in [-0.4, -0.2) is 27.3 Å². The second-order valence-corrected chi connectivity index (χ2v) is 4.47. The van der Waals surface area contributed by atoms with Crippen molar-refractivity contribution in [3.8, 4) is 17.6 Å². The van der Waals surface area contributed by atoms with Crippen molar-refractivity contribution in [2.24, 2.45) is 5.92 Å². The molecule has 0 aromatic heterocycles. The highest BCUT2D eigenvalue weighted by molar-refractivity contribution is 5.45. The van der Waals surface area contributed by atoms with Crippen LogP contribution in [0.4, 0.5) is 0 Å². The molecular weight excluding hydrogens is 228 g/mol. The number of rotatable bonds is 4. The Kier molecular flexibility index (Phi) is 4.06. The van der Waals surface area contributed by atoms with Crippen LogP contribution < -0.4 is 14.8 Å². The molecule has 0 radical (unpaired) electrons. The van der Waals surface area contributed by atoms with E-state index < -0.39 is 0 Å². The van der Waals surface area contributed by atoms with Crippen LogP contribution >= 0.6 is 0 Å². The highest BCUT2D eigenvalue weighted by Crippen LogP contribution is 2.36. The number of hydrogen-bond donors (Lipinski definition) is 1. The highest BCUT2D eigenvalue weighted by atomic mass is 16.5. The predicted octanol–water partition coefficient (Wildman–Crippen LogP) is 1.92. The molecule has 0 saturated carbocycles. The van der Waals surface area contributed by atoms with E-state index in [4.69, 9.17) is 9.47 Å². The summed E-state index contributed by atoms with van der Waals surface area (Å²) in [5.74, 6) is 1.72. The van der Waals surface area contributed by atoms with Crippen LogP contribution in [0, 0.1) is 17.2 Å². The van der Waals surface area contributed by atoms with E-state index in [9.17, 15) is 5.26 Å². The first kappa shape index (κ1) is 12.7. The molecule has 1 aromatic carbocycles. The van der Waals surface area contributed by atoms with Crippen LogP contribution in [0.25, 0.3) is 0 Å². The zero-order valence-electron chi connectivity index (χ0n) is 10.8. The van der Waals surface area contributed by atoms with Crippen molar-refractivity contribution in [3.05, 3.63) is 23.8 Å². The van der Waals surface area contributed by atoms with Crippen molar-refractivity contribution >= 4 is 0 Å². The van der Waals surface area contributed by atoms with Crippen LogP contribution in [0.5, 0.6) is 11.5 Å². The molecule has 0 aliphatic carbocycles. The summed E-state index contributed by atoms with van der Waals surface area (Å²) in [4.78, 5) is 0. The standard InChI is InChI=1S/C14H18N2O2/c1-17-11-3-4-14(18-2)12(7-11)13(8-15)10-5-6-16-9-10/h3-4,7,10,13,16H,5-6,9H2,1-2H3. The first-order chi connectivity index (χ1) is 8.80. The molecular formula is C14H18N2O2. The topological polar surface area (TPSA) is 54.3 Å². The third-order valence-electron chi connectivity index (χ3n) is 3.48. The van der Waals surface area contributed by atoms with Gasteiger partial charge in [-0.1, -0.05) is 0 Å². The number of benzene rings is 1. The number of nitriles is 1. The molecule has 2 unspecified atom stereocenters. The van der Waals surface area contributed by atoms with Crippen molar-refractivity contribution in [1.82, 2.24) is 5.32 Å². The second kappa shape index (κ2) is 5.74. The third kappa shape index (κ3) is 2.41. The maximum Gasteiger partial charge on any atom is 0.123 e. The average Bonchev–Trinajstić information content (AvgIpc) is 2.93. The van der Waals surface area contributed by atoms with Crippen molar-refractivity contribution in [1.29, 1.82) is 5.26 Å². The number of nitrogens with zero attached hydrogens (tertiary/aromatic N) is 1. The van der Waals surface area contributed by atoms with Crippen molar-refractivity contribution < 1.29 is 9.47 Å². The summed E-state index contributed by atoms with van der Waals surface area (Å²) < 4.78 is 10.6. The number of nitrogens with one attached hydrogen (secondary N) is 1. The molecule has 96 valence electrons. The average molecular weight is 246 g/mol. The van der Waals surface area contributed by atoms with Crippen LogP contribution in [0.1, 0.15) is 17.9 Å². The van der Waals surface area contributed by atoms with E-state index in [1.165, 1.54) is 0 Å². The Morgan fingerprint density at radius 2 is 2.22 bits per heavy atom. The van der Waals surface area contributed by atoms with Gasteiger partial charge < -0.3 is 14.8 Å². The highest BCUT2D eigenvalue weighted by Gasteiger charge is 2.28. The van der Waals surface area contributed by atoms with Crippen LogP contribution in [0.2, 0.25) is 0 Å². The smallest absolute Gasteiger partial charge is 0.123 e. The SMILES string of the molecule is COc1ccc(OC)c(C(C#N)C2CCNC2)c1. The van der Waals surface area contributed by atoms with Crippen LogP contribution in [-0.2, 0) is 0 Å². The van der Waals surface area contributed by atoms with Gasteiger partial charge in [-0.25, -0.2) is 0 Å². The minimum Gasteiger partial charge on any atom is -0.497 e. The molecule has 1 aliphatic rings. The largest absolute Gasteiger partial charge is 0.497 e. The Morgan fingerprint density at radius 3 is 2.78 bits per heavy atom. The van der Waals surface area contributed by atoms with E-state index in [2.05, 4.69) is 11.4 Å². The minimum atomic E-state index is -0.148. The fourth-order valence-corrected chi connectivity index (χ4v) is 2.47. The van der Waals surface area contributed by atoms with Crippen molar-refractivity contribution in [3.63, 3.8) is 0 Å². The lowest BCUT2D eigenvalue weighted by Crippen LogP contribution is -2.16. The normalized spacial score (nSPS) is 20.2. The molecule has 18 heavy (non-hydrogen) atoms. The molecule has 1 fully saturated rings. The van der Waals surface area contributed by atoms with E-state index in [0.717, 1.165) is 36.6 Å². The fraction of sp³-hybridized carbons (Fsp3) is 0.500. The molecule has 0 bridgehead atoms. The Bertz CT molecular complexity index is 448. The van der Waals surface area contributed by atoms with Gasteiger partial charge in [-0.2, -0.15) is 5.26 Å². The lowest BCUT2D eigenvalue weighted by Gasteiger charge is -2.19. The van der Waals surface area contributed by atoms with Crippen molar-refractivity contribution in [2.45, 2.75) is 12.3 Å². The maximum absolute atomic E-state index is 9.45. The second-order valence-electron chi connectivity index (χ2n) is 4.47. The summed E-state index contributed by atoms with van der Waals surface area (Å²) in [5, 5.41) is 12.7. The van der Waals surface area contributed by atoms with Crippen LogP contribution in [0.3, 0.4) is 0 Å². The van der Waals surface area contributed by atoms with Gasteiger partial charge in [0.15, 0.2) is 0 Å². The Morgan fingerprint density at radius 1 is 1.39 bits per heavy atom. The molecule has 4 nitrogen and oxygen atoms in total. The molecule has 1 heterocycles. The van der Waals surface area contributed by atoms with E-state index >= 15 is 0 Å². The summed E-state index contributed by atoms with van der Waals surface area (Å²) in [7, 11) is 3.26. The molecule has 0 spiro atoms. The fourth-order valence-electron chi connectivity index (χ4n) is 2.47. The summed E-state index contributed by atoms with van der Waals surface area (Å²) >= 11 is 0. The summed E-state index contributed by atoms with van der Waals surface area (Å²) in [6.45, 7) is 1.87. The van der Waals surface area contributed by atoms with E-state index in [-0.39, 0.29) is 5.92 Å². The third-order valence-corrected chi connectivity index (χ3v) is 3.48. The van der Waals surface area contributed by atoms with Crippen molar-refractivity contribution in [2.75, 3.05) is 27.3 Å². The van der Waals surface area contributed by atoms with Gasteiger partial charge >= 0.3 is 0 Å². The number of ether oxygens (including phenoxy) is 2. The molecule has 4 heteroatoms. The lowest BCUT2D eigenvalue weighted by atomic mass is 9.86. The van der Waals surface area contributed by atoms with Crippen LogP contribution in [0.15, 0.2) is 18.2 Å². The van der Waals surface area contributed by atoms with Gasteiger partial charge in [0.1, 0.15) is 11.5 Å². The molecule has 1 saturated heterocycles. The van der Waals surface area contributed by atoms with E-state index in [1.54, 1.807) is 14.2 Å². The van der Waals surface area contributed by atoms with E-state index in [0.29, 0.717) is 5.92 Å². The molecule has 1 aliphatic heterocycles. The maximum atomic E-state index is 9.45. The Labute approximate surface area is 108 Å². The van der Waals surface area contributed by atoms with Gasteiger partial charge in [-0.05, 0) is 43.6 Å². The lowest BCUT2D eigenvalue weighted by molar-refractivity contribution is 0.391. The summed E-state index contributed by atoms with van der Waals surface area (Å²) in [6.07, 6.45) is 1.03. The quantitative estimate of drug-likeness (QED) is 0.882. The Balaban J connectivity index is 2.36. The zero-order chi connectivity index (χ0) is 13.0. The first-order valence-corrected chi connectivity index (χ1v) is 6.12. The molecule has 2 atom stereocenters. The van der Waals surface area contributed by atoms with E-state index in [1.807, 2.05) is 18.2 Å². The first-order valence-electron chi connectivity index (χ1n) is 6.12. The predicted molar refractivity (Wildman–Crippen MR) is 68.9 cm³/mol. The summed E-state index contributed by atoms with van der Waals surface area (Å²) in [6, 6.07) is 8.03. The van der Waals surface area contributed by atoms with Gasteiger partial charge in [0.25, 0.3) is 0 Å². The number of methoxy groups -OCH3 is 2. The minimum absolute atomic E-state index is 0.148. The molecule has 2 rings (SSSR count). The molecule has 1 N–H and O–H groups in total. The summed E-state index contributed by atoms with van der Waals surface area (Å²) in [5.41, 5.74) is 0.924. The van der Waals surface area contributed by atoms with Gasteiger partial charge in [0, 0.05) is 5.56 Å². The number of hydrogen-bond acceptors (Lipinski definition) is 4. The van der Waals surface area contributed by atoms with Gasteiger partial charge in [0.05, 0.1) is 26.2 Å². The zero-order valence-corrected chi connectivity index (χ0v) is 10.8. The molecule has 1 aromatic rings.